The van der Waals surface area contributed by atoms with Crippen LogP contribution in [0.4, 0.5) is 4.39 Å². The Morgan fingerprint density at radius 2 is 2.00 bits per heavy atom. The van der Waals surface area contributed by atoms with E-state index in [2.05, 4.69) is 10.3 Å². The van der Waals surface area contributed by atoms with E-state index in [1.807, 2.05) is 17.5 Å². The largest absolute Gasteiger partial charge is 0.347 e. The molecule has 2 aromatic heterocycles. The first-order valence-corrected chi connectivity index (χ1v) is 8.00. The summed E-state index contributed by atoms with van der Waals surface area (Å²) in [7, 11) is 0. The number of amides is 1. The first-order chi connectivity index (χ1) is 10.2. The van der Waals surface area contributed by atoms with E-state index in [-0.39, 0.29) is 11.7 Å². The SMILES string of the molecule is O=C(NCc1ccc(F)cc1)c1csc(-c2cccs2)n1. The zero-order valence-corrected chi connectivity index (χ0v) is 12.5. The van der Waals surface area contributed by atoms with Crippen molar-refractivity contribution in [1.29, 1.82) is 0 Å². The van der Waals surface area contributed by atoms with Crippen LogP contribution >= 0.6 is 22.7 Å². The van der Waals surface area contributed by atoms with Crippen molar-refractivity contribution in [3.8, 4) is 9.88 Å². The minimum atomic E-state index is -0.287. The van der Waals surface area contributed by atoms with Gasteiger partial charge in [0, 0.05) is 11.9 Å². The Kier molecular flexibility index (Phi) is 4.08. The van der Waals surface area contributed by atoms with Crippen LogP contribution in [-0.2, 0) is 6.54 Å². The van der Waals surface area contributed by atoms with E-state index in [0.29, 0.717) is 12.2 Å². The topological polar surface area (TPSA) is 42.0 Å². The van der Waals surface area contributed by atoms with Gasteiger partial charge < -0.3 is 5.32 Å². The van der Waals surface area contributed by atoms with Crippen LogP contribution in [0.3, 0.4) is 0 Å². The Balaban J connectivity index is 1.64. The Morgan fingerprint density at radius 1 is 1.19 bits per heavy atom. The fourth-order valence-electron chi connectivity index (χ4n) is 1.77. The fraction of sp³-hybridized carbons (Fsp3) is 0.0667. The quantitative estimate of drug-likeness (QED) is 0.791. The first kappa shape index (κ1) is 13.9. The summed E-state index contributed by atoms with van der Waals surface area (Å²) in [5.41, 5.74) is 1.25. The van der Waals surface area contributed by atoms with Gasteiger partial charge in [-0.15, -0.1) is 22.7 Å². The molecule has 0 saturated heterocycles. The molecule has 0 fully saturated rings. The van der Waals surface area contributed by atoms with Crippen LogP contribution in [0.25, 0.3) is 9.88 Å². The number of thiophene rings is 1. The van der Waals surface area contributed by atoms with Gasteiger partial charge in [0.25, 0.3) is 5.91 Å². The summed E-state index contributed by atoms with van der Waals surface area (Å²) in [6, 6.07) is 9.97. The van der Waals surface area contributed by atoms with Crippen molar-refractivity contribution in [3.63, 3.8) is 0 Å². The number of carbonyl (C=O) groups is 1. The average Bonchev–Trinajstić information content (AvgIpc) is 3.17. The van der Waals surface area contributed by atoms with Crippen molar-refractivity contribution >= 4 is 28.6 Å². The van der Waals surface area contributed by atoms with Gasteiger partial charge in [0.15, 0.2) is 0 Å². The van der Waals surface area contributed by atoms with Gasteiger partial charge in [-0.05, 0) is 29.1 Å². The molecule has 0 radical (unpaired) electrons. The molecule has 1 aromatic carbocycles. The van der Waals surface area contributed by atoms with E-state index in [1.165, 1.54) is 23.5 Å². The number of carbonyl (C=O) groups excluding carboxylic acids is 1. The predicted molar refractivity (Wildman–Crippen MR) is 83.0 cm³/mol. The molecule has 3 aromatic rings. The van der Waals surface area contributed by atoms with Crippen LogP contribution in [0.15, 0.2) is 47.2 Å². The molecule has 21 heavy (non-hydrogen) atoms. The lowest BCUT2D eigenvalue weighted by atomic mass is 10.2. The number of hydrogen-bond donors (Lipinski definition) is 1. The Morgan fingerprint density at radius 3 is 2.71 bits per heavy atom. The minimum absolute atomic E-state index is 0.224. The zero-order valence-electron chi connectivity index (χ0n) is 10.9. The zero-order chi connectivity index (χ0) is 14.7. The Hall–Kier alpha value is -2.05. The predicted octanol–water partition coefficient (Wildman–Crippen LogP) is 3.94. The van der Waals surface area contributed by atoms with Gasteiger partial charge in [-0.3, -0.25) is 4.79 Å². The lowest BCUT2D eigenvalue weighted by molar-refractivity contribution is 0.0946. The molecule has 0 unspecified atom stereocenters. The number of nitrogens with one attached hydrogen (secondary N) is 1. The maximum Gasteiger partial charge on any atom is 0.271 e. The van der Waals surface area contributed by atoms with Crippen molar-refractivity contribution in [1.82, 2.24) is 10.3 Å². The van der Waals surface area contributed by atoms with Crippen molar-refractivity contribution in [2.24, 2.45) is 0 Å². The highest BCUT2D eigenvalue weighted by molar-refractivity contribution is 7.20. The number of benzene rings is 1. The molecule has 3 rings (SSSR count). The molecular formula is C15H11FN2OS2. The molecule has 0 spiro atoms. The molecule has 6 heteroatoms. The van der Waals surface area contributed by atoms with Gasteiger partial charge >= 0.3 is 0 Å². The Labute approximate surface area is 129 Å². The number of halogens is 1. The van der Waals surface area contributed by atoms with Gasteiger partial charge in [-0.1, -0.05) is 18.2 Å². The number of rotatable bonds is 4. The number of thiazole rings is 1. The molecule has 0 aliphatic rings. The second kappa shape index (κ2) is 6.15. The van der Waals surface area contributed by atoms with Crippen molar-refractivity contribution in [2.45, 2.75) is 6.54 Å². The van der Waals surface area contributed by atoms with E-state index in [4.69, 9.17) is 0 Å². The van der Waals surface area contributed by atoms with Gasteiger partial charge in [0.1, 0.15) is 16.5 Å². The summed E-state index contributed by atoms with van der Waals surface area (Å²) in [5, 5.41) is 7.35. The maximum atomic E-state index is 12.8. The van der Waals surface area contributed by atoms with Crippen LogP contribution in [0, 0.1) is 5.82 Å². The first-order valence-electron chi connectivity index (χ1n) is 6.24. The monoisotopic (exact) mass is 318 g/mol. The summed E-state index contributed by atoms with van der Waals surface area (Å²) in [5.74, 6) is -0.511. The third-order valence-electron chi connectivity index (χ3n) is 2.84. The molecule has 1 amide bonds. The number of aromatic nitrogens is 1. The van der Waals surface area contributed by atoms with Gasteiger partial charge in [0.05, 0.1) is 4.88 Å². The summed E-state index contributed by atoms with van der Waals surface area (Å²) < 4.78 is 12.8. The molecule has 0 saturated carbocycles. The standard InChI is InChI=1S/C15H11FN2OS2/c16-11-5-3-10(4-6-11)8-17-14(19)12-9-21-15(18-12)13-2-1-7-20-13/h1-7,9H,8H2,(H,17,19). The average molecular weight is 318 g/mol. The van der Waals surface area contributed by atoms with Crippen LogP contribution in [0.5, 0.6) is 0 Å². The molecule has 1 N–H and O–H groups in total. The molecule has 0 aliphatic carbocycles. The highest BCUT2D eigenvalue weighted by Crippen LogP contribution is 2.27. The van der Waals surface area contributed by atoms with Crippen molar-refractivity contribution in [3.05, 3.63) is 64.2 Å². The molecule has 0 bridgehead atoms. The lowest BCUT2D eigenvalue weighted by Gasteiger charge is -2.03. The molecule has 2 heterocycles. The summed E-state index contributed by atoms with van der Waals surface area (Å²) in [6.45, 7) is 0.352. The van der Waals surface area contributed by atoms with Crippen LogP contribution in [0.2, 0.25) is 0 Å². The number of hydrogen-bond acceptors (Lipinski definition) is 4. The van der Waals surface area contributed by atoms with E-state index < -0.39 is 0 Å². The van der Waals surface area contributed by atoms with Crippen molar-refractivity contribution in [2.75, 3.05) is 0 Å². The van der Waals surface area contributed by atoms with E-state index in [1.54, 1.807) is 28.8 Å². The number of nitrogens with zero attached hydrogens (tertiary/aromatic N) is 1. The third kappa shape index (κ3) is 3.34. The van der Waals surface area contributed by atoms with Gasteiger partial charge in [-0.25, -0.2) is 9.37 Å². The summed E-state index contributed by atoms with van der Waals surface area (Å²) in [6.07, 6.45) is 0. The van der Waals surface area contributed by atoms with E-state index >= 15 is 0 Å². The normalized spacial score (nSPS) is 10.5. The second-order valence-electron chi connectivity index (χ2n) is 4.32. The van der Waals surface area contributed by atoms with Crippen LogP contribution in [0.1, 0.15) is 16.1 Å². The third-order valence-corrected chi connectivity index (χ3v) is 4.72. The molecule has 0 aliphatic heterocycles. The summed E-state index contributed by atoms with van der Waals surface area (Å²) in [4.78, 5) is 17.4. The van der Waals surface area contributed by atoms with Crippen molar-refractivity contribution < 1.29 is 9.18 Å². The smallest absolute Gasteiger partial charge is 0.271 e. The highest BCUT2D eigenvalue weighted by Gasteiger charge is 2.12. The maximum absolute atomic E-state index is 12.8. The molecule has 0 atom stereocenters. The van der Waals surface area contributed by atoms with E-state index in [0.717, 1.165) is 15.4 Å². The summed E-state index contributed by atoms with van der Waals surface area (Å²) >= 11 is 3.04. The fourth-order valence-corrected chi connectivity index (χ4v) is 3.38. The molecule has 3 nitrogen and oxygen atoms in total. The van der Waals surface area contributed by atoms with E-state index in [9.17, 15) is 9.18 Å². The van der Waals surface area contributed by atoms with Crippen LogP contribution in [-0.4, -0.2) is 10.9 Å². The lowest BCUT2D eigenvalue weighted by Crippen LogP contribution is -2.23. The van der Waals surface area contributed by atoms with Gasteiger partial charge in [-0.2, -0.15) is 0 Å². The molecular weight excluding hydrogens is 307 g/mol. The molecule has 106 valence electrons. The highest BCUT2D eigenvalue weighted by atomic mass is 32.1. The minimum Gasteiger partial charge on any atom is -0.347 e. The Bertz CT molecular complexity index is 735. The van der Waals surface area contributed by atoms with Gasteiger partial charge in [0.2, 0.25) is 0 Å². The second-order valence-corrected chi connectivity index (χ2v) is 6.13. The van der Waals surface area contributed by atoms with Crippen LogP contribution < -0.4 is 5.32 Å².